The summed E-state index contributed by atoms with van der Waals surface area (Å²) in [6.45, 7) is 2.13. The van der Waals surface area contributed by atoms with Crippen LogP contribution in [0.25, 0.3) is 0 Å². The van der Waals surface area contributed by atoms with Crippen LogP contribution in [0.4, 0.5) is 4.79 Å². The van der Waals surface area contributed by atoms with E-state index in [-0.39, 0.29) is 11.1 Å². The van der Waals surface area contributed by atoms with Gasteiger partial charge in [0.2, 0.25) is 0 Å². The van der Waals surface area contributed by atoms with Crippen molar-refractivity contribution in [3.63, 3.8) is 0 Å². The van der Waals surface area contributed by atoms with Crippen molar-refractivity contribution < 1.29 is 9.59 Å². The lowest BCUT2D eigenvalue weighted by molar-refractivity contribution is -0.115. The monoisotopic (exact) mass is 199 g/mol. The molecule has 0 aromatic rings. The number of unbranched alkanes of at least 4 members (excludes halogenated alkanes) is 3. The number of carbonyl (C=O) groups excluding carboxylic acids is 2. The fourth-order valence-electron chi connectivity index (χ4n) is 1.09. The summed E-state index contributed by atoms with van der Waals surface area (Å²) in [4.78, 5) is 22.3. The smallest absolute Gasteiger partial charge is 0.282 e. The van der Waals surface area contributed by atoms with Gasteiger partial charge in [-0.25, -0.2) is 0 Å². The summed E-state index contributed by atoms with van der Waals surface area (Å²) in [5.41, 5.74) is 0. The molecule has 0 spiro atoms. The third-order valence-corrected chi connectivity index (χ3v) is 2.64. The molecular formula is C9H13NO2S. The Labute approximate surface area is 82.0 Å². The van der Waals surface area contributed by atoms with Crippen LogP contribution in [0, 0.1) is 0 Å². The lowest BCUT2D eigenvalue weighted by Crippen LogP contribution is -2.17. The van der Waals surface area contributed by atoms with Gasteiger partial charge in [-0.3, -0.25) is 14.9 Å². The van der Waals surface area contributed by atoms with Gasteiger partial charge in [0.1, 0.15) is 0 Å². The Morgan fingerprint density at radius 2 is 2.15 bits per heavy atom. The van der Waals surface area contributed by atoms with Crippen LogP contribution >= 0.6 is 11.8 Å². The van der Waals surface area contributed by atoms with Crippen LogP contribution in [0.5, 0.6) is 0 Å². The highest BCUT2D eigenvalue weighted by Gasteiger charge is 2.24. The summed E-state index contributed by atoms with van der Waals surface area (Å²) in [5, 5.41) is 1.97. The molecule has 1 rings (SSSR count). The van der Waals surface area contributed by atoms with Gasteiger partial charge >= 0.3 is 0 Å². The first-order valence-corrected chi connectivity index (χ1v) is 5.29. The Kier molecular flexibility index (Phi) is 4.02. The molecule has 1 aliphatic rings. The number of nitrogens with one attached hydrogen (secondary N) is 1. The topological polar surface area (TPSA) is 46.2 Å². The van der Waals surface area contributed by atoms with Crippen molar-refractivity contribution in [3.8, 4) is 0 Å². The molecule has 3 nitrogen and oxygen atoms in total. The second kappa shape index (κ2) is 5.07. The van der Waals surface area contributed by atoms with E-state index in [1.165, 1.54) is 12.8 Å². The maximum atomic E-state index is 11.0. The first-order valence-electron chi connectivity index (χ1n) is 4.47. The molecule has 1 aliphatic heterocycles. The molecule has 72 valence electrons. The minimum absolute atomic E-state index is 0.244. The molecule has 1 N–H and O–H groups in total. The molecule has 4 heteroatoms. The number of carbonyl (C=O) groups is 2. The molecule has 1 heterocycles. The van der Waals surface area contributed by atoms with Gasteiger partial charge in [-0.05, 0) is 24.6 Å². The number of amides is 2. The second-order valence-electron chi connectivity index (χ2n) is 2.91. The van der Waals surface area contributed by atoms with Crippen LogP contribution in [-0.4, -0.2) is 11.1 Å². The van der Waals surface area contributed by atoms with Gasteiger partial charge in [0, 0.05) is 0 Å². The largest absolute Gasteiger partial charge is 0.290 e. The number of hydrogen-bond acceptors (Lipinski definition) is 3. The molecule has 0 atom stereocenters. The molecule has 2 amide bonds. The Bertz CT molecular complexity index is 248. The average molecular weight is 199 g/mol. The van der Waals surface area contributed by atoms with E-state index in [4.69, 9.17) is 0 Å². The minimum atomic E-state index is -0.258. The standard InChI is InChI=1S/C9H13NO2S/c1-2-3-4-5-6-7-8(11)10-9(12)13-7/h6H,2-5H2,1H3,(H,10,11,12)/b7-6-. The molecule has 0 bridgehead atoms. The predicted octanol–water partition coefficient (Wildman–Crippen LogP) is 2.43. The number of allylic oxidation sites excluding steroid dienone is 1. The quantitative estimate of drug-likeness (QED) is 0.558. The third-order valence-electron chi connectivity index (χ3n) is 1.78. The van der Waals surface area contributed by atoms with Crippen molar-refractivity contribution in [1.82, 2.24) is 5.32 Å². The zero-order valence-electron chi connectivity index (χ0n) is 7.63. The van der Waals surface area contributed by atoms with Crippen LogP contribution in [0.15, 0.2) is 11.0 Å². The summed E-state index contributed by atoms with van der Waals surface area (Å²) >= 11 is 0.993. The minimum Gasteiger partial charge on any atom is -0.282 e. The first kappa shape index (κ1) is 10.3. The number of hydrogen-bond donors (Lipinski definition) is 1. The van der Waals surface area contributed by atoms with Gasteiger partial charge < -0.3 is 0 Å². The van der Waals surface area contributed by atoms with Gasteiger partial charge in [-0.1, -0.05) is 25.8 Å². The van der Waals surface area contributed by atoms with Gasteiger partial charge in [0.25, 0.3) is 11.1 Å². The number of imide groups is 1. The molecule has 0 aliphatic carbocycles. The van der Waals surface area contributed by atoms with Crippen molar-refractivity contribution in [1.29, 1.82) is 0 Å². The highest BCUT2D eigenvalue weighted by molar-refractivity contribution is 8.18. The van der Waals surface area contributed by atoms with E-state index in [1.54, 1.807) is 0 Å². The van der Waals surface area contributed by atoms with Crippen LogP contribution in [0.1, 0.15) is 32.6 Å². The van der Waals surface area contributed by atoms with E-state index < -0.39 is 0 Å². The van der Waals surface area contributed by atoms with E-state index in [2.05, 4.69) is 12.2 Å². The molecule has 0 radical (unpaired) electrons. The predicted molar refractivity (Wildman–Crippen MR) is 53.4 cm³/mol. The Balaban J connectivity index is 2.34. The van der Waals surface area contributed by atoms with Crippen molar-refractivity contribution in [2.45, 2.75) is 32.6 Å². The highest BCUT2D eigenvalue weighted by Crippen LogP contribution is 2.23. The van der Waals surface area contributed by atoms with Gasteiger partial charge in [0.05, 0.1) is 4.91 Å². The zero-order chi connectivity index (χ0) is 9.68. The summed E-state index contributed by atoms with van der Waals surface area (Å²) in [5.74, 6) is -0.244. The average Bonchev–Trinajstić information content (AvgIpc) is 2.39. The Hall–Kier alpha value is -0.770. The molecule has 0 aromatic carbocycles. The number of rotatable bonds is 4. The fraction of sp³-hybridized carbons (Fsp3) is 0.556. The van der Waals surface area contributed by atoms with Gasteiger partial charge in [-0.15, -0.1) is 0 Å². The zero-order valence-corrected chi connectivity index (χ0v) is 8.45. The summed E-state index contributed by atoms with van der Waals surface area (Å²) in [7, 11) is 0. The highest BCUT2D eigenvalue weighted by atomic mass is 32.2. The third kappa shape index (κ3) is 3.22. The summed E-state index contributed by atoms with van der Waals surface area (Å²) in [6.07, 6.45) is 6.16. The van der Waals surface area contributed by atoms with Crippen LogP contribution in [-0.2, 0) is 4.79 Å². The van der Waals surface area contributed by atoms with Gasteiger partial charge in [0.15, 0.2) is 0 Å². The molecular weight excluding hydrogens is 186 g/mol. The molecule has 1 fully saturated rings. The van der Waals surface area contributed by atoms with Gasteiger partial charge in [-0.2, -0.15) is 0 Å². The van der Waals surface area contributed by atoms with Crippen molar-refractivity contribution in [2.75, 3.05) is 0 Å². The van der Waals surface area contributed by atoms with E-state index in [9.17, 15) is 9.59 Å². The Morgan fingerprint density at radius 3 is 2.69 bits per heavy atom. The summed E-state index contributed by atoms with van der Waals surface area (Å²) < 4.78 is 0. The molecule has 13 heavy (non-hydrogen) atoms. The van der Waals surface area contributed by atoms with Crippen LogP contribution < -0.4 is 5.32 Å². The maximum Gasteiger partial charge on any atom is 0.290 e. The van der Waals surface area contributed by atoms with Crippen molar-refractivity contribution in [3.05, 3.63) is 11.0 Å². The summed E-state index contributed by atoms with van der Waals surface area (Å²) in [6, 6.07) is 0. The van der Waals surface area contributed by atoms with Crippen LogP contribution in [0.2, 0.25) is 0 Å². The molecule has 0 saturated carbocycles. The van der Waals surface area contributed by atoms with E-state index in [0.717, 1.165) is 24.6 Å². The Morgan fingerprint density at radius 1 is 1.38 bits per heavy atom. The van der Waals surface area contributed by atoms with Crippen molar-refractivity contribution in [2.24, 2.45) is 0 Å². The second-order valence-corrected chi connectivity index (χ2v) is 3.92. The molecule has 0 unspecified atom stereocenters. The van der Waals surface area contributed by atoms with E-state index in [0.29, 0.717) is 4.91 Å². The molecule has 1 saturated heterocycles. The lowest BCUT2D eigenvalue weighted by Gasteiger charge is -1.93. The fourth-order valence-corrected chi connectivity index (χ4v) is 1.78. The maximum absolute atomic E-state index is 11.0. The lowest BCUT2D eigenvalue weighted by atomic mass is 10.2. The first-order chi connectivity index (χ1) is 6.24. The number of thioether (sulfide) groups is 1. The normalized spacial score (nSPS) is 19.6. The van der Waals surface area contributed by atoms with E-state index in [1.807, 2.05) is 6.08 Å². The SMILES string of the molecule is CCCCC/C=C1\SC(=O)NC1=O. The van der Waals surface area contributed by atoms with Crippen LogP contribution in [0.3, 0.4) is 0 Å². The van der Waals surface area contributed by atoms with E-state index >= 15 is 0 Å². The molecule has 0 aromatic heterocycles. The van der Waals surface area contributed by atoms with Crippen molar-refractivity contribution >= 4 is 22.9 Å².